The number of carbonyl (C=O) groups excluding carboxylic acids is 2. The monoisotopic (exact) mass is 754 g/mol. The first kappa shape index (κ1) is 35.8. The van der Waals surface area contributed by atoms with Crippen LogP contribution in [0.3, 0.4) is 0 Å². The van der Waals surface area contributed by atoms with Gasteiger partial charge >= 0.3 is 6.09 Å². The summed E-state index contributed by atoms with van der Waals surface area (Å²) in [5.74, 6) is 0.841. The fourth-order valence-corrected chi connectivity index (χ4v) is 8.09. The minimum Gasteiger partial charge on any atom is -0.446 e. The number of pyridine rings is 1. The van der Waals surface area contributed by atoms with Crippen molar-refractivity contribution in [3.8, 4) is 33.8 Å². The third-order valence-electron chi connectivity index (χ3n) is 11.1. The second kappa shape index (κ2) is 15.7. The highest BCUT2D eigenvalue weighted by Gasteiger charge is 2.37. The van der Waals surface area contributed by atoms with Crippen LogP contribution in [0.2, 0.25) is 0 Å². The van der Waals surface area contributed by atoms with E-state index in [-0.39, 0.29) is 24.1 Å². The average molecular weight is 755 g/mol. The van der Waals surface area contributed by atoms with E-state index in [0.717, 1.165) is 53.7 Å². The number of rotatable bonds is 9. The second-order valence-electron chi connectivity index (χ2n) is 14.7. The molecule has 4 N–H and O–H groups in total. The van der Waals surface area contributed by atoms with Crippen LogP contribution >= 0.6 is 0 Å². The highest BCUT2D eigenvalue weighted by atomic mass is 19.1. The number of nitrogens with one attached hydrogen (secondary N) is 4. The normalized spacial score (nSPS) is 19.3. The number of ether oxygens (including phenoxy) is 2. The smallest absolute Gasteiger partial charge is 0.408 e. The molecule has 0 aliphatic carbocycles. The SMILES string of the molecule is O=C(N[C@@H](C(=O)N1CCC[C@H]1c1ncc(-c2ccc(-c3cc4ccc(-c5cnc([C@@H]6CCCN6)[nH]5)cc4cn3)cc2F)[nH]1)c1ccccc1)OC1CCOCC1. The summed E-state index contributed by atoms with van der Waals surface area (Å²) in [6.45, 7) is 2.57. The Morgan fingerprint density at radius 1 is 0.821 bits per heavy atom. The van der Waals surface area contributed by atoms with E-state index in [9.17, 15) is 9.59 Å². The lowest BCUT2D eigenvalue weighted by Gasteiger charge is -2.29. The standard InChI is InChI=1S/C43H43FN8O4/c44-33-21-29(35-22-27-10-11-28(20-30(27)23-46-35)36-24-47-40(49-36)34-8-4-16-45-34)12-13-32(33)37-25-48-41(50-37)38-9-5-17-52(38)42(53)39(26-6-2-1-3-7-26)51-43(54)56-31-14-18-55-19-15-31/h1-3,6-7,10-13,20-25,31,34,38-39,45H,4-5,8-9,14-19H2,(H,47,49)(H,48,50)(H,51,54)/t34-,38-,39+/m0/s1. The summed E-state index contributed by atoms with van der Waals surface area (Å²) < 4.78 is 26.9. The lowest BCUT2D eigenvalue weighted by Crippen LogP contribution is -2.44. The molecular formula is C43H43FN8O4. The van der Waals surface area contributed by atoms with Gasteiger partial charge in [-0.2, -0.15) is 0 Å². The number of fused-ring (bicyclic) bond motifs is 1. The summed E-state index contributed by atoms with van der Waals surface area (Å²) in [6.07, 6.45) is 9.29. The van der Waals surface area contributed by atoms with Crippen molar-refractivity contribution in [2.75, 3.05) is 26.3 Å². The third kappa shape index (κ3) is 7.39. The fourth-order valence-electron chi connectivity index (χ4n) is 8.09. The number of nitrogens with zero attached hydrogens (tertiary/aromatic N) is 4. The van der Waals surface area contributed by atoms with Crippen molar-refractivity contribution in [2.45, 2.75) is 62.8 Å². The van der Waals surface area contributed by atoms with E-state index in [4.69, 9.17) is 9.47 Å². The van der Waals surface area contributed by atoms with Crippen LogP contribution in [-0.2, 0) is 14.3 Å². The topological polar surface area (TPSA) is 150 Å². The maximum atomic E-state index is 15.9. The molecule has 3 aromatic heterocycles. The molecule has 0 unspecified atom stereocenters. The molecule has 3 aromatic carbocycles. The maximum absolute atomic E-state index is 15.9. The van der Waals surface area contributed by atoms with Crippen molar-refractivity contribution >= 4 is 22.8 Å². The minimum atomic E-state index is -0.946. The first-order valence-corrected chi connectivity index (χ1v) is 19.4. The van der Waals surface area contributed by atoms with Crippen LogP contribution in [0.4, 0.5) is 9.18 Å². The van der Waals surface area contributed by atoms with E-state index in [1.807, 2.05) is 54.9 Å². The maximum Gasteiger partial charge on any atom is 0.408 e. The molecular weight excluding hydrogens is 712 g/mol. The summed E-state index contributed by atoms with van der Waals surface area (Å²) in [7, 11) is 0. The Balaban J connectivity index is 0.901. The molecule has 9 rings (SSSR count). The number of H-pyrrole nitrogens is 2. The largest absolute Gasteiger partial charge is 0.446 e. The highest BCUT2D eigenvalue weighted by Crippen LogP contribution is 2.35. The molecule has 3 aliphatic heterocycles. The summed E-state index contributed by atoms with van der Waals surface area (Å²) in [5.41, 5.74) is 4.83. The van der Waals surface area contributed by atoms with Crippen LogP contribution in [0.5, 0.6) is 0 Å². The van der Waals surface area contributed by atoms with E-state index in [1.54, 1.807) is 17.2 Å². The Hall–Kier alpha value is -5.92. The third-order valence-corrected chi connectivity index (χ3v) is 11.1. The lowest BCUT2D eigenvalue weighted by molar-refractivity contribution is -0.134. The zero-order valence-corrected chi connectivity index (χ0v) is 30.8. The number of aromatic nitrogens is 5. The van der Waals surface area contributed by atoms with Gasteiger partial charge < -0.3 is 35.0 Å². The fraction of sp³-hybridized carbons (Fsp3) is 0.326. The van der Waals surface area contributed by atoms with Gasteiger partial charge in [0.05, 0.1) is 54.8 Å². The predicted octanol–water partition coefficient (Wildman–Crippen LogP) is 7.56. The summed E-state index contributed by atoms with van der Waals surface area (Å²) in [6, 6.07) is 21.3. The van der Waals surface area contributed by atoms with E-state index in [2.05, 4.69) is 53.8 Å². The van der Waals surface area contributed by atoms with Crippen molar-refractivity contribution in [1.29, 1.82) is 0 Å². The summed E-state index contributed by atoms with van der Waals surface area (Å²) >= 11 is 0. The predicted molar refractivity (Wildman–Crippen MR) is 209 cm³/mol. The number of imidazole rings is 2. The molecule has 2 amide bonds. The molecule has 0 bridgehead atoms. The van der Waals surface area contributed by atoms with Crippen molar-refractivity contribution in [3.63, 3.8) is 0 Å². The van der Waals surface area contributed by atoms with Gasteiger partial charge in [0.2, 0.25) is 0 Å². The van der Waals surface area contributed by atoms with Crippen LogP contribution in [0, 0.1) is 5.82 Å². The van der Waals surface area contributed by atoms with Crippen molar-refractivity contribution in [3.05, 3.63) is 114 Å². The van der Waals surface area contributed by atoms with Crippen molar-refractivity contribution in [2.24, 2.45) is 0 Å². The van der Waals surface area contributed by atoms with Gasteiger partial charge in [-0.3, -0.25) is 9.78 Å². The molecule has 56 heavy (non-hydrogen) atoms. The van der Waals surface area contributed by atoms with E-state index in [1.165, 1.54) is 6.07 Å². The Labute approximate surface area is 323 Å². The number of alkyl carbamates (subject to hydrolysis) is 1. The van der Waals surface area contributed by atoms with Gasteiger partial charge in [-0.05, 0) is 67.4 Å². The Kier molecular flexibility index (Phi) is 10.0. The van der Waals surface area contributed by atoms with E-state index < -0.39 is 18.0 Å². The van der Waals surface area contributed by atoms with E-state index >= 15 is 4.39 Å². The van der Waals surface area contributed by atoms with Crippen molar-refractivity contribution < 1.29 is 23.5 Å². The Morgan fingerprint density at radius 2 is 1.62 bits per heavy atom. The van der Waals surface area contributed by atoms with Gasteiger partial charge in [0.25, 0.3) is 5.91 Å². The highest BCUT2D eigenvalue weighted by molar-refractivity contribution is 5.89. The van der Waals surface area contributed by atoms with Gasteiger partial charge in [0, 0.05) is 47.7 Å². The van der Waals surface area contributed by atoms with Crippen LogP contribution in [0.25, 0.3) is 44.5 Å². The number of hydrogen-bond donors (Lipinski definition) is 4. The van der Waals surface area contributed by atoms with Crippen LogP contribution < -0.4 is 10.6 Å². The lowest BCUT2D eigenvalue weighted by atomic mass is 10.0. The minimum absolute atomic E-state index is 0.260. The number of amides is 2. The number of benzene rings is 3. The second-order valence-corrected chi connectivity index (χ2v) is 14.7. The zero-order valence-electron chi connectivity index (χ0n) is 30.8. The number of carbonyl (C=O) groups is 2. The van der Waals surface area contributed by atoms with Gasteiger partial charge in [-0.25, -0.2) is 19.2 Å². The molecule has 0 saturated carbocycles. The number of halogens is 1. The quantitative estimate of drug-likeness (QED) is 0.118. The molecule has 3 atom stereocenters. The molecule has 3 saturated heterocycles. The van der Waals surface area contributed by atoms with E-state index in [0.29, 0.717) is 72.9 Å². The zero-order chi connectivity index (χ0) is 38.0. The van der Waals surface area contributed by atoms with Crippen LogP contribution in [0.1, 0.15) is 73.9 Å². The molecule has 3 fully saturated rings. The number of hydrogen-bond acceptors (Lipinski definition) is 8. The average Bonchev–Trinajstić information content (AvgIpc) is 4.08. The molecule has 3 aliphatic rings. The van der Waals surface area contributed by atoms with Gasteiger partial charge in [0.15, 0.2) is 0 Å². The van der Waals surface area contributed by atoms with Gasteiger partial charge in [0.1, 0.15) is 29.6 Å². The number of aromatic amines is 2. The van der Waals surface area contributed by atoms with Gasteiger partial charge in [-0.1, -0.05) is 48.5 Å². The Bertz CT molecular complexity index is 2350. The number of likely N-dealkylation sites (tertiary alicyclic amines) is 1. The van der Waals surface area contributed by atoms with Crippen LogP contribution in [0.15, 0.2) is 91.4 Å². The molecule has 286 valence electrons. The first-order valence-electron chi connectivity index (χ1n) is 19.4. The first-order chi connectivity index (χ1) is 27.5. The van der Waals surface area contributed by atoms with Gasteiger partial charge in [-0.15, -0.1) is 0 Å². The molecule has 0 spiro atoms. The molecule has 13 heteroatoms. The molecule has 12 nitrogen and oxygen atoms in total. The summed E-state index contributed by atoms with van der Waals surface area (Å²) in [4.78, 5) is 49.6. The molecule has 0 radical (unpaired) electrons. The van der Waals surface area contributed by atoms with Crippen LogP contribution in [-0.4, -0.2) is 74.2 Å². The molecule has 6 heterocycles. The van der Waals surface area contributed by atoms with Crippen molar-refractivity contribution in [1.82, 2.24) is 40.5 Å². The Morgan fingerprint density at radius 3 is 2.45 bits per heavy atom. The summed E-state index contributed by atoms with van der Waals surface area (Å²) in [5, 5.41) is 8.28. The molecule has 6 aromatic rings.